The van der Waals surface area contributed by atoms with E-state index in [-0.39, 0.29) is 12.2 Å². The summed E-state index contributed by atoms with van der Waals surface area (Å²) in [5.41, 5.74) is 6.33. The van der Waals surface area contributed by atoms with Crippen LogP contribution < -0.4 is 5.73 Å². The van der Waals surface area contributed by atoms with E-state index >= 15 is 0 Å². The Morgan fingerprint density at radius 2 is 2.21 bits per heavy atom. The quantitative estimate of drug-likeness (QED) is 0.760. The molecule has 0 bridgehead atoms. The zero-order valence-electron chi connectivity index (χ0n) is 7.27. The van der Waals surface area contributed by atoms with E-state index in [1.165, 1.54) is 6.07 Å². The molecule has 0 aromatic heterocycles. The predicted octanol–water partition coefficient (Wildman–Crippen LogP) is 1.14. The van der Waals surface area contributed by atoms with Gasteiger partial charge in [0.25, 0.3) is 0 Å². The Labute approximate surface area is 89.5 Å². The minimum atomic E-state index is -1.02. The average Bonchev–Trinajstić information content (AvgIpc) is 2.16. The molecular formula is C9H10BrNO3. The summed E-state index contributed by atoms with van der Waals surface area (Å²) in [7, 11) is 0. The molecule has 76 valence electrons. The maximum atomic E-state index is 10.8. The molecule has 1 atom stereocenters. The van der Waals surface area contributed by atoms with Crippen LogP contribution in [0.3, 0.4) is 0 Å². The second-order valence-electron chi connectivity index (χ2n) is 2.80. The van der Waals surface area contributed by atoms with Crippen molar-refractivity contribution in [2.45, 2.75) is 6.04 Å². The molecule has 4 nitrogen and oxygen atoms in total. The molecule has 0 spiro atoms. The lowest BCUT2D eigenvalue weighted by Crippen LogP contribution is -2.16. The number of hydrogen-bond donors (Lipinski definition) is 3. The fourth-order valence-electron chi connectivity index (χ4n) is 1.10. The number of carboxylic acids is 1. The third kappa shape index (κ3) is 2.12. The predicted molar refractivity (Wildman–Crippen MR) is 55.1 cm³/mol. The maximum absolute atomic E-state index is 10.8. The van der Waals surface area contributed by atoms with Crippen LogP contribution in [0.25, 0.3) is 0 Å². The molecule has 0 heterocycles. The van der Waals surface area contributed by atoms with E-state index in [0.717, 1.165) is 0 Å². The number of benzene rings is 1. The molecule has 0 aliphatic carbocycles. The van der Waals surface area contributed by atoms with Crippen LogP contribution in [0.5, 0.6) is 0 Å². The van der Waals surface area contributed by atoms with Gasteiger partial charge >= 0.3 is 5.97 Å². The van der Waals surface area contributed by atoms with E-state index < -0.39 is 12.0 Å². The zero-order chi connectivity index (χ0) is 10.7. The van der Waals surface area contributed by atoms with Crippen LogP contribution in [-0.2, 0) is 0 Å². The highest BCUT2D eigenvalue weighted by atomic mass is 79.9. The third-order valence-electron chi connectivity index (χ3n) is 1.86. The Morgan fingerprint density at radius 1 is 1.57 bits per heavy atom. The van der Waals surface area contributed by atoms with E-state index in [1.54, 1.807) is 12.1 Å². The van der Waals surface area contributed by atoms with Crippen molar-refractivity contribution in [3.05, 3.63) is 33.8 Å². The van der Waals surface area contributed by atoms with Crippen LogP contribution in [0.1, 0.15) is 22.0 Å². The average molecular weight is 260 g/mol. The third-order valence-corrected chi connectivity index (χ3v) is 2.74. The summed E-state index contributed by atoms with van der Waals surface area (Å²) in [6.07, 6.45) is 0. The van der Waals surface area contributed by atoms with E-state index in [2.05, 4.69) is 15.9 Å². The van der Waals surface area contributed by atoms with Crippen LogP contribution in [0.15, 0.2) is 22.7 Å². The molecule has 1 rings (SSSR count). The molecule has 0 aliphatic heterocycles. The minimum Gasteiger partial charge on any atom is -0.478 e. The van der Waals surface area contributed by atoms with Gasteiger partial charge in [-0.15, -0.1) is 0 Å². The van der Waals surface area contributed by atoms with Crippen molar-refractivity contribution in [2.24, 2.45) is 5.73 Å². The van der Waals surface area contributed by atoms with Gasteiger partial charge in [0.05, 0.1) is 18.2 Å². The fraction of sp³-hybridized carbons (Fsp3) is 0.222. The van der Waals surface area contributed by atoms with E-state index in [0.29, 0.717) is 10.0 Å². The number of rotatable bonds is 3. The normalized spacial score (nSPS) is 12.5. The SMILES string of the molecule is N[C@@H](CO)c1cccc(C(=O)O)c1Br. The summed E-state index contributed by atoms with van der Waals surface area (Å²) in [6, 6.07) is 4.18. The lowest BCUT2D eigenvalue weighted by molar-refractivity contribution is 0.0695. The van der Waals surface area contributed by atoms with Gasteiger partial charge in [0.15, 0.2) is 0 Å². The molecule has 1 aromatic rings. The smallest absolute Gasteiger partial charge is 0.336 e. The molecule has 4 N–H and O–H groups in total. The van der Waals surface area contributed by atoms with Gasteiger partial charge < -0.3 is 15.9 Å². The van der Waals surface area contributed by atoms with Crippen molar-refractivity contribution >= 4 is 21.9 Å². The van der Waals surface area contributed by atoms with Gasteiger partial charge in [-0.05, 0) is 27.6 Å². The van der Waals surface area contributed by atoms with Gasteiger partial charge in [-0.1, -0.05) is 12.1 Å². The maximum Gasteiger partial charge on any atom is 0.336 e. The molecule has 0 saturated carbocycles. The topological polar surface area (TPSA) is 83.5 Å². The van der Waals surface area contributed by atoms with Gasteiger partial charge in [0, 0.05) is 4.47 Å². The van der Waals surface area contributed by atoms with Gasteiger partial charge in [0.2, 0.25) is 0 Å². The number of hydrogen-bond acceptors (Lipinski definition) is 3. The molecule has 14 heavy (non-hydrogen) atoms. The molecule has 0 amide bonds. The summed E-state index contributed by atoms with van der Waals surface area (Å²) >= 11 is 3.15. The van der Waals surface area contributed by atoms with Crippen LogP contribution in [0.4, 0.5) is 0 Å². The molecule has 0 radical (unpaired) electrons. The standard InChI is InChI=1S/C9H10BrNO3/c10-8-5(7(11)4-12)2-1-3-6(8)9(13)14/h1-3,7,12H,4,11H2,(H,13,14)/t7-/m0/s1. The Bertz CT molecular complexity index is 354. The Balaban J connectivity index is 3.20. The van der Waals surface area contributed by atoms with Gasteiger partial charge in [0.1, 0.15) is 0 Å². The summed E-state index contributed by atoms with van der Waals surface area (Å²) in [5.74, 6) is -1.02. The molecule has 0 saturated heterocycles. The first kappa shape index (κ1) is 11.2. The number of aromatic carboxylic acids is 1. The molecule has 0 unspecified atom stereocenters. The first-order valence-corrected chi connectivity index (χ1v) is 4.75. The molecule has 5 heteroatoms. The zero-order valence-corrected chi connectivity index (χ0v) is 8.86. The van der Waals surface area contributed by atoms with Crippen molar-refractivity contribution in [1.82, 2.24) is 0 Å². The first-order chi connectivity index (χ1) is 6.57. The van der Waals surface area contributed by atoms with Gasteiger partial charge in [-0.2, -0.15) is 0 Å². The highest BCUT2D eigenvalue weighted by Gasteiger charge is 2.15. The first-order valence-electron chi connectivity index (χ1n) is 3.96. The Hall–Kier alpha value is -0.910. The van der Waals surface area contributed by atoms with Gasteiger partial charge in [-0.3, -0.25) is 0 Å². The van der Waals surface area contributed by atoms with Crippen LogP contribution in [-0.4, -0.2) is 22.8 Å². The Kier molecular flexibility index (Phi) is 3.62. The van der Waals surface area contributed by atoms with Crippen LogP contribution >= 0.6 is 15.9 Å². The lowest BCUT2D eigenvalue weighted by Gasteiger charge is -2.12. The van der Waals surface area contributed by atoms with Crippen molar-refractivity contribution in [3.63, 3.8) is 0 Å². The molecule has 0 aliphatic rings. The number of aliphatic hydroxyl groups is 1. The van der Waals surface area contributed by atoms with Crippen molar-refractivity contribution in [1.29, 1.82) is 0 Å². The van der Waals surface area contributed by atoms with E-state index in [4.69, 9.17) is 15.9 Å². The minimum absolute atomic E-state index is 0.145. The number of aliphatic hydroxyl groups excluding tert-OH is 1. The highest BCUT2D eigenvalue weighted by Crippen LogP contribution is 2.25. The van der Waals surface area contributed by atoms with E-state index in [9.17, 15) is 4.79 Å². The number of carbonyl (C=O) groups is 1. The largest absolute Gasteiger partial charge is 0.478 e. The molecule has 0 fully saturated rings. The van der Waals surface area contributed by atoms with Crippen molar-refractivity contribution < 1.29 is 15.0 Å². The van der Waals surface area contributed by atoms with Crippen LogP contribution in [0.2, 0.25) is 0 Å². The summed E-state index contributed by atoms with van der Waals surface area (Å²) in [6.45, 7) is -0.221. The highest BCUT2D eigenvalue weighted by molar-refractivity contribution is 9.10. The Morgan fingerprint density at radius 3 is 2.71 bits per heavy atom. The monoisotopic (exact) mass is 259 g/mol. The lowest BCUT2D eigenvalue weighted by atomic mass is 10.1. The number of halogens is 1. The van der Waals surface area contributed by atoms with Crippen LogP contribution in [0, 0.1) is 0 Å². The number of nitrogens with two attached hydrogens (primary N) is 1. The summed E-state index contributed by atoms with van der Waals surface area (Å²) < 4.78 is 0.425. The van der Waals surface area contributed by atoms with Gasteiger partial charge in [-0.25, -0.2) is 4.79 Å². The van der Waals surface area contributed by atoms with E-state index in [1.807, 2.05) is 0 Å². The number of carboxylic acid groups (broad SMARTS) is 1. The second-order valence-corrected chi connectivity index (χ2v) is 3.60. The molecular weight excluding hydrogens is 250 g/mol. The fourth-order valence-corrected chi connectivity index (χ4v) is 1.83. The summed E-state index contributed by atoms with van der Waals surface area (Å²) in [5, 5.41) is 17.7. The van der Waals surface area contributed by atoms with Crippen molar-refractivity contribution in [2.75, 3.05) is 6.61 Å². The summed E-state index contributed by atoms with van der Waals surface area (Å²) in [4.78, 5) is 10.8. The van der Waals surface area contributed by atoms with Crippen molar-refractivity contribution in [3.8, 4) is 0 Å². The second kappa shape index (κ2) is 4.54. The molecule has 1 aromatic carbocycles.